The van der Waals surface area contributed by atoms with Crippen molar-refractivity contribution < 1.29 is 89.7 Å². The molecule has 0 aromatic carbocycles. The molecule has 23 heteroatoms. The van der Waals surface area contributed by atoms with Crippen LogP contribution in [0.4, 0.5) is 52.7 Å². The molecule has 8 nitrogen and oxygen atoms in total. The summed E-state index contributed by atoms with van der Waals surface area (Å²) in [7, 11) is -11.2. The Bertz CT molecular complexity index is 507. The molecule has 0 aliphatic rings. The molecule has 0 rings (SSSR count). The minimum Gasteiger partial charge on any atom is -0.756 e. The maximum Gasteiger partial charge on any atom is 2.00 e. The van der Waals surface area contributed by atoms with Gasteiger partial charge in [-0.05, 0) is 0 Å². The van der Waals surface area contributed by atoms with Gasteiger partial charge in [-0.2, -0.15) is 52.7 Å². The Kier molecular flexibility index (Phi) is 15.8. The molecule has 0 aromatic heterocycles. The summed E-state index contributed by atoms with van der Waals surface area (Å²) < 4.78 is 170. The minimum absolute atomic E-state index is 0. The SMILES string of the molecule is O=P([O-])(OCC(F)(F)F)OCC(F)(F)F.O=P([O-])(OCC(F)(F)F)OCC(F)(F)F.[Ca+2]. The Morgan fingerprint density at radius 3 is 0.710 bits per heavy atom. The standard InChI is InChI=1S/2C4H5F6O4P.Ca/c2*5-3(6,7)1-13-15(11,12)14-2-4(8,9)10;/h2*1-2H2,(H,11,12);/q;;+2/p-2. The van der Waals surface area contributed by atoms with Gasteiger partial charge < -0.3 is 27.9 Å². The van der Waals surface area contributed by atoms with E-state index in [9.17, 15) is 71.6 Å². The van der Waals surface area contributed by atoms with Gasteiger partial charge in [0, 0.05) is 0 Å². The molecule has 0 saturated carbocycles. The number of phosphoric acid groups is 2. The van der Waals surface area contributed by atoms with Gasteiger partial charge in [0.25, 0.3) is 15.6 Å². The first-order valence-corrected chi connectivity index (χ1v) is 9.22. The molecule has 0 saturated heterocycles. The smallest absolute Gasteiger partial charge is 0.756 e. The molecular weight excluding hydrogens is 554 g/mol. The van der Waals surface area contributed by atoms with Gasteiger partial charge in [0.15, 0.2) is 26.4 Å². The van der Waals surface area contributed by atoms with E-state index in [4.69, 9.17) is 0 Å². The molecule has 0 heterocycles. The first-order chi connectivity index (χ1) is 12.8. The third-order valence-electron chi connectivity index (χ3n) is 1.55. The van der Waals surface area contributed by atoms with E-state index in [0.717, 1.165) is 0 Å². The van der Waals surface area contributed by atoms with E-state index >= 15 is 0 Å². The monoisotopic (exact) mass is 562 g/mol. The van der Waals surface area contributed by atoms with Crippen molar-refractivity contribution in [2.45, 2.75) is 24.7 Å². The van der Waals surface area contributed by atoms with Crippen molar-refractivity contribution >= 4 is 53.4 Å². The van der Waals surface area contributed by atoms with Crippen LogP contribution in [0.15, 0.2) is 0 Å². The van der Waals surface area contributed by atoms with Crippen LogP contribution in [0.1, 0.15) is 0 Å². The average molecular weight is 562 g/mol. The summed E-state index contributed by atoms with van der Waals surface area (Å²) >= 11 is 0. The molecule has 31 heavy (non-hydrogen) atoms. The Labute approximate surface area is 194 Å². The van der Waals surface area contributed by atoms with E-state index in [2.05, 4.69) is 18.1 Å². The molecule has 0 spiro atoms. The fourth-order valence-corrected chi connectivity index (χ4v) is 2.05. The Hall–Kier alpha value is 0.640. The summed E-state index contributed by atoms with van der Waals surface area (Å²) in [6.45, 7) is -8.92. The number of alkyl halides is 12. The van der Waals surface area contributed by atoms with E-state index in [1.54, 1.807) is 0 Å². The average Bonchev–Trinajstić information content (AvgIpc) is 2.46. The number of hydrogen-bond acceptors (Lipinski definition) is 8. The van der Waals surface area contributed by atoms with E-state index < -0.39 is 66.8 Å². The van der Waals surface area contributed by atoms with Crippen LogP contribution >= 0.6 is 15.6 Å². The molecule has 0 unspecified atom stereocenters. The van der Waals surface area contributed by atoms with Crippen molar-refractivity contribution in [2.75, 3.05) is 26.4 Å². The number of phosphoric ester groups is 2. The molecule has 184 valence electrons. The van der Waals surface area contributed by atoms with E-state index in [1.807, 2.05) is 0 Å². The van der Waals surface area contributed by atoms with Gasteiger partial charge in [-0.3, -0.25) is 9.13 Å². The van der Waals surface area contributed by atoms with Gasteiger partial charge >= 0.3 is 62.4 Å². The molecule has 0 aliphatic heterocycles. The van der Waals surface area contributed by atoms with E-state index in [0.29, 0.717) is 0 Å². The third-order valence-corrected chi connectivity index (χ3v) is 3.33. The molecule has 0 radical (unpaired) electrons. The van der Waals surface area contributed by atoms with Gasteiger partial charge in [0.2, 0.25) is 0 Å². The van der Waals surface area contributed by atoms with Crippen LogP contribution in [-0.4, -0.2) is 88.9 Å². The van der Waals surface area contributed by atoms with Crippen LogP contribution in [0.2, 0.25) is 0 Å². The fourth-order valence-electron chi connectivity index (χ4n) is 0.684. The van der Waals surface area contributed by atoms with Crippen LogP contribution in [-0.2, 0) is 27.2 Å². The maximum atomic E-state index is 11.4. The molecule has 0 atom stereocenters. The topological polar surface area (TPSA) is 117 Å². The molecule has 0 amide bonds. The minimum atomic E-state index is -5.58. The van der Waals surface area contributed by atoms with Crippen molar-refractivity contribution in [3.8, 4) is 0 Å². The zero-order chi connectivity index (χ0) is 24.7. The second-order valence-electron chi connectivity index (χ2n) is 4.45. The zero-order valence-electron chi connectivity index (χ0n) is 14.2. The van der Waals surface area contributed by atoms with Crippen LogP contribution in [0, 0.1) is 0 Å². The van der Waals surface area contributed by atoms with Crippen LogP contribution in [0.5, 0.6) is 0 Å². The van der Waals surface area contributed by atoms with E-state index in [1.165, 1.54) is 0 Å². The maximum absolute atomic E-state index is 11.4. The van der Waals surface area contributed by atoms with Crippen LogP contribution in [0.25, 0.3) is 0 Å². The van der Waals surface area contributed by atoms with Crippen molar-refractivity contribution in [1.82, 2.24) is 0 Å². The molecule has 0 fully saturated rings. The fraction of sp³-hybridized carbons (Fsp3) is 1.00. The van der Waals surface area contributed by atoms with Gasteiger partial charge in [0.05, 0.1) is 0 Å². The summed E-state index contributed by atoms with van der Waals surface area (Å²) in [6, 6.07) is 0. The number of halogens is 12. The summed E-state index contributed by atoms with van der Waals surface area (Å²) in [6.07, 6.45) is -19.9. The summed E-state index contributed by atoms with van der Waals surface area (Å²) in [5, 5.41) is 0. The quantitative estimate of drug-likeness (QED) is 0.252. The predicted octanol–water partition coefficient (Wildman–Crippen LogP) is 2.84. The summed E-state index contributed by atoms with van der Waals surface area (Å²) in [5.41, 5.74) is 0. The van der Waals surface area contributed by atoms with Gasteiger partial charge in [0.1, 0.15) is 0 Å². The molecule has 0 N–H and O–H groups in total. The van der Waals surface area contributed by atoms with Gasteiger partial charge in [-0.1, -0.05) is 0 Å². The summed E-state index contributed by atoms with van der Waals surface area (Å²) in [4.78, 5) is 20.6. The van der Waals surface area contributed by atoms with Crippen molar-refractivity contribution in [3.05, 3.63) is 0 Å². The van der Waals surface area contributed by atoms with Crippen LogP contribution in [0.3, 0.4) is 0 Å². The molecule has 0 aromatic rings. The Morgan fingerprint density at radius 1 is 0.484 bits per heavy atom. The van der Waals surface area contributed by atoms with Gasteiger partial charge in [-0.25, -0.2) is 0 Å². The number of hydrogen-bond donors (Lipinski definition) is 0. The van der Waals surface area contributed by atoms with Gasteiger partial charge in [-0.15, -0.1) is 0 Å². The number of rotatable bonds is 8. The Morgan fingerprint density at radius 2 is 0.613 bits per heavy atom. The first-order valence-electron chi connectivity index (χ1n) is 6.30. The largest absolute Gasteiger partial charge is 2.00 e. The Balaban J connectivity index is -0.000000490. The van der Waals surface area contributed by atoms with Crippen LogP contribution < -0.4 is 9.79 Å². The first kappa shape index (κ1) is 36.2. The van der Waals surface area contributed by atoms with E-state index in [-0.39, 0.29) is 37.7 Å². The summed E-state index contributed by atoms with van der Waals surface area (Å²) in [5.74, 6) is 0. The zero-order valence-corrected chi connectivity index (χ0v) is 18.2. The molecule has 0 aliphatic carbocycles. The second kappa shape index (κ2) is 13.5. The molecule has 0 bridgehead atoms. The predicted molar refractivity (Wildman–Crippen MR) is 69.0 cm³/mol. The van der Waals surface area contributed by atoms with Crippen molar-refractivity contribution in [2.24, 2.45) is 0 Å². The third kappa shape index (κ3) is 30.6. The molecular formula is C8H8CaF12O8P2. The van der Waals surface area contributed by atoms with Crippen molar-refractivity contribution in [3.63, 3.8) is 0 Å². The van der Waals surface area contributed by atoms with Crippen molar-refractivity contribution in [1.29, 1.82) is 0 Å². The second-order valence-corrected chi connectivity index (χ2v) is 7.27. The normalized spacial score (nSPS) is 13.9.